The first-order chi connectivity index (χ1) is 6.33. The summed E-state index contributed by atoms with van der Waals surface area (Å²) < 4.78 is 0. The van der Waals surface area contributed by atoms with E-state index in [1.54, 1.807) is 30.3 Å². The highest BCUT2D eigenvalue weighted by atomic mass is 32.8. The maximum absolute atomic E-state index is 9.38. The number of hydrogen-bond acceptors (Lipinski definition) is 1. The minimum absolute atomic E-state index is 0.545. The summed E-state index contributed by atoms with van der Waals surface area (Å²) in [6.45, 7) is 0. The molecule has 0 aromatic heterocycles. The van der Waals surface area contributed by atoms with Gasteiger partial charge in [-0.1, -0.05) is 18.2 Å². The van der Waals surface area contributed by atoms with Crippen LogP contribution >= 0.6 is 12.4 Å². The van der Waals surface area contributed by atoms with Gasteiger partial charge in [0.25, 0.3) is 10.9 Å². The molecule has 0 radical (unpaired) electrons. The minimum Gasteiger partial charge on any atom is -0.336 e. The Morgan fingerprint density at radius 1 is 1.00 bits per heavy atom. The van der Waals surface area contributed by atoms with Crippen LogP contribution in [0.15, 0.2) is 35.2 Å². The van der Waals surface area contributed by atoms with Crippen LogP contribution in [0.3, 0.4) is 0 Å². The molecule has 0 unspecified atom stereocenters. The summed E-state index contributed by atoms with van der Waals surface area (Å²) in [6, 6.07) is 8.46. The predicted octanol–water partition coefficient (Wildman–Crippen LogP) is 1.08. The van der Waals surface area contributed by atoms with Crippen LogP contribution in [0.4, 0.5) is 0 Å². The predicted molar refractivity (Wildman–Crippen MR) is 62.2 cm³/mol. The van der Waals surface area contributed by atoms with Crippen molar-refractivity contribution in [2.45, 2.75) is 4.90 Å². The molecular weight excluding hydrogens is 262 g/mol. The van der Waals surface area contributed by atoms with Crippen LogP contribution < -0.4 is 0 Å². The molecule has 0 saturated heterocycles. The van der Waals surface area contributed by atoms with Crippen LogP contribution in [-0.4, -0.2) is 19.6 Å². The van der Waals surface area contributed by atoms with Gasteiger partial charge in [-0.3, -0.25) is 0 Å². The van der Waals surface area contributed by atoms with Crippen molar-refractivity contribution in [2.24, 2.45) is 0 Å². The van der Waals surface area contributed by atoms with Crippen molar-refractivity contribution in [3.05, 3.63) is 30.3 Å². The zero-order valence-corrected chi connectivity index (χ0v) is 10.3. The molecule has 1 aromatic carbocycles. The van der Waals surface area contributed by atoms with Crippen molar-refractivity contribution < 1.29 is 19.6 Å². The first-order valence-electron chi connectivity index (χ1n) is 3.48. The lowest BCUT2D eigenvalue weighted by Gasteiger charge is -2.05. The van der Waals surface area contributed by atoms with E-state index in [2.05, 4.69) is 11.8 Å². The van der Waals surface area contributed by atoms with Crippen molar-refractivity contribution in [2.75, 3.05) is 0 Å². The van der Waals surface area contributed by atoms with E-state index in [0.29, 0.717) is 15.8 Å². The molecule has 0 bridgehead atoms. The van der Waals surface area contributed by atoms with Gasteiger partial charge in [0.1, 0.15) is 0 Å². The molecule has 1 aromatic rings. The Kier molecular flexibility index (Phi) is 3.97. The van der Waals surface area contributed by atoms with Crippen molar-refractivity contribution >= 4 is 35.1 Å². The molecule has 4 N–H and O–H groups in total. The van der Waals surface area contributed by atoms with E-state index < -0.39 is 12.4 Å². The molecule has 0 saturated carbocycles. The van der Waals surface area contributed by atoms with Gasteiger partial charge in [-0.25, -0.2) is 0 Å². The highest BCUT2D eigenvalue weighted by Crippen LogP contribution is 2.73. The van der Waals surface area contributed by atoms with Gasteiger partial charge in [0.2, 0.25) is 4.90 Å². The second kappa shape index (κ2) is 4.47. The number of rotatable bonds is 2. The SMILES string of the molecule is OP(O)(=S)P(O)(O)=[S+]c1ccccc1. The molecule has 4 nitrogen and oxygen atoms in total. The quantitative estimate of drug-likeness (QED) is 0.478. The lowest BCUT2D eigenvalue weighted by atomic mass is 10.4. The van der Waals surface area contributed by atoms with Crippen LogP contribution in [0.25, 0.3) is 0 Å². The highest BCUT2D eigenvalue weighted by molar-refractivity contribution is 8.61. The maximum Gasteiger partial charge on any atom is 0.457 e. The summed E-state index contributed by atoms with van der Waals surface area (Å²) in [5.41, 5.74) is 0. The molecule has 1 rings (SSSR count). The molecular formula is C6H9O4P2S2+. The first-order valence-corrected chi connectivity index (χ1v) is 10.0. The van der Waals surface area contributed by atoms with Crippen LogP contribution in [0.5, 0.6) is 0 Å². The molecule has 0 amide bonds. The Morgan fingerprint density at radius 3 is 1.93 bits per heavy atom. The van der Waals surface area contributed by atoms with Crippen molar-refractivity contribution in [1.82, 2.24) is 0 Å². The van der Waals surface area contributed by atoms with Gasteiger partial charge in [0.05, 0.1) is 0 Å². The second-order valence-corrected chi connectivity index (χ2v) is 13.7. The van der Waals surface area contributed by atoms with Gasteiger partial charge in [0.15, 0.2) is 0 Å². The first kappa shape index (κ1) is 12.4. The zero-order chi connectivity index (χ0) is 10.8. The smallest absolute Gasteiger partial charge is 0.336 e. The topological polar surface area (TPSA) is 80.9 Å². The van der Waals surface area contributed by atoms with Gasteiger partial charge < -0.3 is 19.6 Å². The zero-order valence-electron chi connectivity index (χ0n) is 6.89. The maximum atomic E-state index is 9.38. The molecule has 0 heterocycles. The van der Waals surface area contributed by atoms with Crippen LogP contribution in [0.1, 0.15) is 0 Å². The van der Waals surface area contributed by atoms with E-state index >= 15 is 0 Å². The molecule has 0 aliphatic rings. The van der Waals surface area contributed by atoms with Gasteiger partial charge in [-0.15, -0.1) is 0 Å². The molecule has 0 fully saturated rings. The highest BCUT2D eigenvalue weighted by Gasteiger charge is 2.41. The Bertz CT molecular complexity index is 407. The normalized spacial score (nSPS) is 12.6. The molecule has 0 spiro atoms. The monoisotopic (exact) mass is 271 g/mol. The third-order valence-corrected chi connectivity index (χ3v) is 11.9. The van der Waals surface area contributed by atoms with Gasteiger partial charge in [-0.2, -0.15) is 0 Å². The number of hydrogen-bond donors (Lipinski definition) is 4. The number of benzene rings is 1. The van der Waals surface area contributed by atoms with E-state index in [-0.39, 0.29) is 0 Å². The summed E-state index contributed by atoms with van der Waals surface area (Å²) in [6.07, 6.45) is -7.91. The molecule has 0 atom stereocenters. The Labute approximate surface area is 90.1 Å². The van der Waals surface area contributed by atoms with Crippen molar-refractivity contribution in [3.8, 4) is 0 Å². The van der Waals surface area contributed by atoms with E-state index in [0.717, 1.165) is 0 Å². The van der Waals surface area contributed by atoms with Crippen LogP contribution in [0.2, 0.25) is 0 Å². The average molecular weight is 271 g/mol. The minimum atomic E-state index is -4.02. The van der Waals surface area contributed by atoms with Crippen LogP contribution in [-0.2, 0) is 22.7 Å². The Balaban J connectivity index is 3.18. The molecule has 14 heavy (non-hydrogen) atoms. The van der Waals surface area contributed by atoms with Gasteiger partial charge in [-0.05, 0) is 11.8 Å². The van der Waals surface area contributed by atoms with E-state index in [1.807, 2.05) is 0 Å². The standard InChI is InChI=1S/C6H8O4P2S2/c7-11(8,13)12(9,10)14-6-4-2-1-3-5-6/h1-5H,(H3-,7,8,9,10,13)/p+1. The second-order valence-electron chi connectivity index (χ2n) is 2.43. The lowest BCUT2D eigenvalue weighted by molar-refractivity contribution is 0.453. The Morgan fingerprint density at radius 2 is 1.50 bits per heavy atom. The molecule has 0 aliphatic heterocycles. The summed E-state index contributed by atoms with van der Waals surface area (Å²) in [4.78, 5) is 37.3. The largest absolute Gasteiger partial charge is 0.457 e. The Hall–Kier alpha value is 0.360. The summed E-state index contributed by atoms with van der Waals surface area (Å²) in [5, 5.41) is 0. The third-order valence-electron chi connectivity index (χ3n) is 1.31. The van der Waals surface area contributed by atoms with Gasteiger partial charge in [0, 0.05) is 12.1 Å². The van der Waals surface area contributed by atoms with Gasteiger partial charge >= 0.3 is 12.4 Å². The van der Waals surface area contributed by atoms with E-state index in [4.69, 9.17) is 9.79 Å². The fourth-order valence-corrected chi connectivity index (χ4v) is 5.58. The summed E-state index contributed by atoms with van der Waals surface area (Å²) >= 11 is 4.27. The van der Waals surface area contributed by atoms with Crippen molar-refractivity contribution in [3.63, 3.8) is 0 Å². The fraction of sp³-hybridized carbons (Fsp3) is 0. The van der Waals surface area contributed by atoms with Crippen molar-refractivity contribution in [1.29, 1.82) is 0 Å². The average Bonchev–Trinajstić information content (AvgIpc) is 2.03. The third kappa shape index (κ3) is 3.19. The summed E-state index contributed by atoms with van der Waals surface area (Å²) in [5.74, 6) is 0. The van der Waals surface area contributed by atoms with E-state index in [1.165, 1.54) is 0 Å². The molecule has 0 aliphatic carbocycles. The molecule has 78 valence electrons. The fourth-order valence-electron chi connectivity index (χ4n) is 0.676. The molecule has 8 heteroatoms. The van der Waals surface area contributed by atoms with Crippen LogP contribution in [0, 0.1) is 0 Å². The lowest BCUT2D eigenvalue weighted by Crippen LogP contribution is -1.84. The summed E-state index contributed by atoms with van der Waals surface area (Å²) in [7, 11) is 0.620. The van der Waals surface area contributed by atoms with E-state index in [9.17, 15) is 9.79 Å².